The number of hydrogen-bond donors (Lipinski definition) is 1. The number of imide groups is 1. The number of hydrogen-bond acceptors (Lipinski definition) is 3. The molecule has 1 unspecified atom stereocenters. The Morgan fingerprint density at radius 3 is 2.79 bits per heavy atom. The Hall–Kier alpha value is -1.59. The highest BCUT2D eigenvalue weighted by Crippen LogP contribution is 2.47. The molecule has 3 fully saturated rings. The average molecular weight is 349 g/mol. The second-order valence-electron chi connectivity index (χ2n) is 7.12. The van der Waals surface area contributed by atoms with Crippen LogP contribution in [-0.4, -0.2) is 41.6 Å². The van der Waals surface area contributed by atoms with E-state index in [1.54, 1.807) is 7.11 Å². The lowest BCUT2D eigenvalue weighted by Crippen LogP contribution is -2.46. The lowest BCUT2D eigenvalue weighted by Gasteiger charge is -2.41. The Morgan fingerprint density at radius 1 is 1.38 bits per heavy atom. The number of nitrogens with one attached hydrogen (secondary N) is 1. The van der Waals surface area contributed by atoms with Crippen LogP contribution in [0.5, 0.6) is 0 Å². The Bertz CT molecular complexity index is 683. The summed E-state index contributed by atoms with van der Waals surface area (Å²) < 4.78 is 5.60. The predicted molar refractivity (Wildman–Crippen MR) is 90.0 cm³/mol. The zero-order valence-electron chi connectivity index (χ0n) is 13.6. The van der Waals surface area contributed by atoms with Gasteiger partial charge in [-0.25, -0.2) is 4.79 Å². The van der Waals surface area contributed by atoms with Crippen LogP contribution in [0, 0.1) is 0 Å². The monoisotopic (exact) mass is 348 g/mol. The van der Waals surface area contributed by atoms with Gasteiger partial charge in [0.15, 0.2) is 0 Å². The molecule has 0 spiro atoms. The molecule has 3 aliphatic rings. The zero-order valence-corrected chi connectivity index (χ0v) is 14.4. The standard InChI is InChI=1S/C18H21ClN2O3/c1-24-18(6-3-7-18)10-14-16(22)21(17(23)20-14)15-9-13(15)11-4-2-5-12(19)8-11/h2,4-5,8,13-15H,3,6-7,9-10H2,1H3,(H,20,23)/t13-,14?,15+/m0/s1. The maximum absolute atomic E-state index is 12.7. The van der Waals surface area contributed by atoms with Crippen molar-refractivity contribution in [3.8, 4) is 0 Å². The van der Waals surface area contributed by atoms with E-state index in [1.807, 2.05) is 24.3 Å². The van der Waals surface area contributed by atoms with E-state index >= 15 is 0 Å². The molecule has 1 N–H and O–H groups in total. The number of carbonyl (C=O) groups excluding carboxylic acids is 2. The maximum atomic E-state index is 12.7. The van der Waals surface area contributed by atoms with Gasteiger partial charge in [-0.15, -0.1) is 0 Å². The molecule has 2 saturated carbocycles. The van der Waals surface area contributed by atoms with Crippen LogP contribution in [0.4, 0.5) is 4.79 Å². The van der Waals surface area contributed by atoms with Gasteiger partial charge in [0, 0.05) is 30.5 Å². The first-order chi connectivity index (χ1) is 11.5. The van der Waals surface area contributed by atoms with Gasteiger partial charge < -0.3 is 10.1 Å². The Balaban J connectivity index is 1.45. The number of rotatable bonds is 5. The molecule has 1 aromatic carbocycles. The van der Waals surface area contributed by atoms with Crippen LogP contribution in [0.15, 0.2) is 24.3 Å². The number of nitrogens with zero attached hydrogens (tertiary/aromatic N) is 1. The third kappa shape index (κ3) is 2.60. The van der Waals surface area contributed by atoms with E-state index in [2.05, 4.69) is 5.32 Å². The van der Waals surface area contributed by atoms with Crippen molar-refractivity contribution in [2.45, 2.75) is 55.7 Å². The van der Waals surface area contributed by atoms with Gasteiger partial charge in [-0.05, 0) is 43.4 Å². The minimum absolute atomic E-state index is 0.0548. The van der Waals surface area contributed by atoms with Gasteiger partial charge >= 0.3 is 6.03 Å². The van der Waals surface area contributed by atoms with Crippen LogP contribution < -0.4 is 5.32 Å². The van der Waals surface area contributed by atoms with E-state index in [0.29, 0.717) is 11.4 Å². The van der Waals surface area contributed by atoms with E-state index in [-0.39, 0.29) is 29.5 Å². The SMILES string of the molecule is COC1(CC2NC(=O)N([C@@H]3C[C@H]3c3cccc(Cl)c3)C2=O)CCC1. The van der Waals surface area contributed by atoms with E-state index in [9.17, 15) is 9.59 Å². The van der Waals surface area contributed by atoms with E-state index in [1.165, 1.54) is 4.90 Å². The number of urea groups is 1. The molecule has 1 aromatic rings. The van der Waals surface area contributed by atoms with Crippen LogP contribution in [0.25, 0.3) is 0 Å². The molecule has 1 heterocycles. The van der Waals surface area contributed by atoms with Crippen LogP contribution >= 0.6 is 11.6 Å². The van der Waals surface area contributed by atoms with E-state index in [4.69, 9.17) is 16.3 Å². The number of halogens is 1. The van der Waals surface area contributed by atoms with Crippen LogP contribution in [0.1, 0.15) is 43.6 Å². The summed E-state index contributed by atoms with van der Waals surface area (Å²) in [7, 11) is 1.69. The van der Waals surface area contributed by atoms with Crippen LogP contribution in [0.3, 0.4) is 0 Å². The molecule has 6 heteroatoms. The van der Waals surface area contributed by atoms with Crippen molar-refractivity contribution in [1.82, 2.24) is 10.2 Å². The maximum Gasteiger partial charge on any atom is 0.325 e. The van der Waals surface area contributed by atoms with Gasteiger partial charge in [-0.3, -0.25) is 9.69 Å². The first-order valence-corrected chi connectivity index (χ1v) is 8.85. The predicted octanol–water partition coefficient (Wildman–Crippen LogP) is 3.08. The van der Waals surface area contributed by atoms with Crippen LogP contribution in [-0.2, 0) is 9.53 Å². The fraction of sp³-hybridized carbons (Fsp3) is 0.556. The summed E-state index contributed by atoms with van der Waals surface area (Å²) in [5, 5.41) is 3.53. The molecule has 0 aromatic heterocycles. The molecule has 1 aliphatic heterocycles. The number of amides is 3. The summed E-state index contributed by atoms with van der Waals surface area (Å²) in [5.41, 5.74) is 0.850. The third-order valence-corrected chi connectivity index (χ3v) is 5.93. The average Bonchev–Trinajstić information content (AvgIpc) is 3.24. The molecule has 24 heavy (non-hydrogen) atoms. The topological polar surface area (TPSA) is 58.6 Å². The molecular formula is C18H21ClN2O3. The molecule has 3 amide bonds. The molecule has 128 valence electrons. The van der Waals surface area contributed by atoms with Crippen molar-refractivity contribution in [3.63, 3.8) is 0 Å². The highest BCUT2D eigenvalue weighted by Gasteiger charge is 2.54. The summed E-state index contributed by atoms with van der Waals surface area (Å²) in [6, 6.07) is 6.86. The van der Waals surface area contributed by atoms with Crippen molar-refractivity contribution in [3.05, 3.63) is 34.9 Å². The van der Waals surface area contributed by atoms with Crippen molar-refractivity contribution in [2.75, 3.05) is 7.11 Å². The van der Waals surface area contributed by atoms with Crippen molar-refractivity contribution in [2.24, 2.45) is 0 Å². The highest BCUT2D eigenvalue weighted by molar-refractivity contribution is 6.30. The number of carbonyl (C=O) groups is 2. The molecule has 1 saturated heterocycles. The molecular weight excluding hydrogens is 328 g/mol. The highest BCUT2D eigenvalue weighted by atomic mass is 35.5. The number of ether oxygens (including phenoxy) is 1. The summed E-state index contributed by atoms with van der Waals surface area (Å²) in [6.45, 7) is 0. The van der Waals surface area contributed by atoms with E-state index < -0.39 is 6.04 Å². The van der Waals surface area contributed by atoms with Gasteiger partial charge in [0.1, 0.15) is 6.04 Å². The normalized spacial score (nSPS) is 30.9. The second kappa shape index (κ2) is 5.74. The summed E-state index contributed by atoms with van der Waals surface area (Å²) in [4.78, 5) is 26.5. The molecule has 2 aliphatic carbocycles. The first kappa shape index (κ1) is 15.9. The van der Waals surface area contributed by atoms with Gasteiger partial charge in [-0.1, -0.05) is 23.7 Å². The summed E-state index contributed by atoms with van der Waals surface area (Å²) in [6.07, 6.45) is 4.40. The summed E-state index contributed by atoms with van der Waals surface area (Å²) >= 11 is 6.04. The molecule has 3 atom stereocenters. The minimum Gasteiger partial charge on any atom is -0.378 e. The van der Waals surface area contributed by atoms with Gasteiger partial charge in [0.25, 0.3) is 5.91 Å². The largest absolute Gasteiger partial charge is 0.378 e. The quantitative estimate of drug-likeness (QED) is 0.832. The fourth-order valence-electron chi connectivity index (χ4n) is 4.00. The minimum atomic E-state index is -0.460. The first-order valence-electron chi connectivity index (χ1n) is 8.47. The Labute approximate surface area is 146 Å². The lowest BCUT2D eigenvalue weighted by atomic mass is 9.75. The zero-order chi connectivity index (χ0) is 16.9. The van der Waals surface area contributed by atoms with Crippen molar-refractivity contribution >= 4 is 23.5 Å². The van der Waals surface area contributed by atoms with Gasteiger partial charge in [0.2, 0.25) is 0 Å². The molecule has 5 nitrogen and oxygen atoms in total. The van der Waals surface area contributed by atoms with Crippen LogP contribution in [0.2, 0.25) is 5.02 Å². The van der Waals surface area contributed by atoms with Crippen molar-refractivity contribution in [1.29, 1.82) is 0 Å². The Kier molecular flexibility index (Phi) is 3.81. The van der Waals surface area contributed by atoms with Gasteiger partial charge in [-0.2, -0.15) is 0 Å². The van der Waals surface area contributed by atoms with Crippen molar-refractivity contribution < 1.29 is 14.3 Å². The third-order valence-electron chi connectivity index (χ3n) is 5.69. The Morgan fingerprint density at radius 2 is 2.17 bits per heavy atom. The molecule has 0 bridgehead atoms. The number of methoxy groups -OCH3 is 1. The summed E-state index contributed by atoms with van der Waals surface area (Å²) in [5.74, 6) is 0.0788. The number of benzene rings is 1. The van der Waals surface area contributed by atoms with E-state index in [0.717, 1.165) is 31.2 Å². The fourth-order valence-corrected chi connectivity index (χ4v) is 4.20. The smallest absolute Gasteiger partial charge is 0.325 e. The molecule has 4 rings (SSSR count). The van der Waals surface area contributed by atoms with Gasteiger partial charge in [0.05, 0.1) is 5.60 Å². The molecule has 0 radical (unpaired) electrons. The lowest BCUT2D eigenvalue weighted by molar-refractivity contribution is -0.132. The second-order valence-corrected chi connectivity index (χ2v) is 7.56.